The number of anilines is 1. The van der Waals surface area contributed by atoms with E-state index >= 15 is 0 Å². The predicted octanol–water partition coefficient (Wildman–Crippen LogP) is 5.16. The maximum atomic E-state index is 13.0. The van der Waals surface area contributed by atoms with E-state index in [0.717, 1.165) is 48.8 Å². The molecule has 1 spiro atoms. The number of rotatable bonds is 5. The molecule has 1 aromatic carbocycles. The van der Waals surface area contributed by atoms with Crippen LogP contribution in [-0.2, 0) is 22.1 Å². The summed E-state index contributed by atoms with van der Waals surface area (Å²) in [4.78, 5) is 21.3. The minimum absolute atomic E-state index is 0.108. The zero-order valence-electron chi connectivity index (χ0n) is 20.0. The maximum absolute atomic E-state index is 13.0. The van der Waals surface area contributed by atoms with E-state index in [1.807, 2.05) is 11.8 Å². The predicted molar refractivity (Wildman–Crippen MR) is 123 cm³/mol. The average molecular weight is 490 g/mol. The van der Waals surface area contributed by atoms with Crippen LogP contribution in [0.5, 0.6) is 5.75 Å². The fourth-order valence-corrected chi connectivity index (χ4v) is 5.64. The van der Waals surface area contributed by atoms with Gasteiger partial charge in [-0.2, -0.15) is 13.2 Å². The van der Waals surface area contributed by atoms with E-state index in [0.29, 0.717) is 37.7 Å². The lowest BCUT2D eigenvalue weighted by molar-refractivity contribution is -0.146. The van der Waals surface area contributed by atoms with Crippen LogP contribution < -0.4 is 9.64 Å². The van der Waals surface area contributed by atoms with E-state index in [4.69, 9.17) is 9.47 Å². The normalized spacial score (nSPS) is 21.1. The third kappa shape index (κ3) is 4.82. The molecule has 1 saturated heterocycles. The highest BCUT2D eigenvalue weighted by Gasteiger charge is 2.42. The van der Waals surface area contributed by atoms with Gasteiger partial charge in [0, 0.05) is 32.1 Å². The van der Waals surface area contributed by atoms with Gasteiger partial charge in [0.05, 0.1) is 13.0 Å². The Morgan fingerprint density at radius 2 is 1.94 bits per heavy atom. The molecule has 1 aliphatic carbocycles. The van der Waals surface area contributed by atoms with Gasteiger partial charge in [-0.25, -0.2) is 9.97 Å². The van der Waals surface area contributed by atoms with E-state index in [2.05, 4.69) is 28.2 Å². The zero-order chi connectivity index (χ0) is 24.8. The fourth-order valence-electron chi connectivity index (χ4n) is 5.64. The number of halogens is 3. The van der Waals surface area contributed by atoms with Crippen molar-refractivity contribution < 1.29 is 27.4 Å². The number of aromatic nitrogens is 2. The Hall–Kier alpha value is -2.84. The molecule has 0 amide bonds. The van der Waals surface area contributed by atoms with Crippen LogP contribution in [0.2, 0.25) is 0 Å². The first-order chi connectivity index (χ1) is 16.7. The number of hydrogen-bond acceptors (Lipinski definition) is 6. The first-order valence-corrected chi connectivity index (χ1v) is 12.2. The van der Waals surface area contributed by atoms with Gasteiger partial charge in [0.15, 0.2) is 0 Å². The summed E-state index contributed by atoms with van der Waals surface area (Å²) in [5.74, 6) is 0.228. The first kappa shape index (κ1) is 23.9. The summed E-state index contributed by atoms with van der Waals surface area (Å²) >= 11 is 0. The van der Waals surface area contributed by atoms with Crippen molar-refractivity contribution in [2.24, 2.45) is 11.8 Å². The Morgan fingerprint density at radius 1 is 1.20 bits per heavy atom. The van der Waals surface area contributed by atoms with Crippen LogP contribution in [0.3, 0.4) is 0 Å². The van der Waals surface area contributed by atoms with Crippen LogP contribution in [0.15, 0.2) is 30.5 Å². The summed E-state index contributed by atoms with van der Waals surface area (Å²) in [5.41, 5.74) is 1.93. The Kier molecular flexibility index (Phi) is 6.13. The number of nitrogens with zero attached hydrogens (tertiary/aromatic N) is 3. The van der Waals surface area contributed by atoms with Gasteiger partial charge in [-0.1, -0.05) is 19.1 Å². The lowest BCUT2D eigenvalue weighted by atomic mass is 9.80. The standard InChI is InChI=1S/C26H30F3N3O3/c1-16(23(33)34-2)22(18-4-5-18)19-6-3-17-7-9-25(35-20(17)15-19)10-13-32(14-11-25)21-8-12-30-24(31-21)26(27,28)29/h3,6,8,12,15-16,18,22H,4-5,7,9-11,13-14H2,1-2H3/t16-,22+/m1/s1. The van der Waals surface area contributed by atoms with Crippen molar-refractivity contribution >= 4 is 11.8 Å². The summed E-state index contributed by atoms with van der Waals surface area (Å²) in [5, 5.41) is 0. The van der Waals surface area contributed by atoms with Gasteiger partial charge in [0.1, 0.15) is 17.2 Å². The number of ether oxygens (including phenoxy) is 2. The molecule has 1 aromatic heterocycles. The fraction of sp³-hybridized carbons (Fsp3) is 0.577. The SMILES string of the molecule is COC(=O)[C@H](C)[C@H](c1ccc2c(c1)OC1(CC2)CCN(c2ccnc(C(F)(F)F)n2)CC1)C1CC1. The molecule has 2 aromatic rings. The van der Waals surface area contributed by atoms with Gasteiger partial charge in [-0.15, -0.1) is 0 Å². The second-order valence-electron chi connectivity index (χ2n) is 10.1. The van der Waals surface area contributed by atoms with Crippen LogP contribution in [0, 0.1) is 11.8 Å². The number of carbonyl (C=O) groups excluding carboxylic acids is 1. The van der Waals surface area contributed by atoms with Crippen molar-refractivity contribution in [3.05, 3.63) is 47.4 Å². The highest BCUT2D eigenvalue weighted by atomic mass is 19.4. The molecular formula is C26H30F3N3O3. The summed E-state index contributed by atoms with van der Waals surface area (Å²) < 4.78 is 50.7. The van der Waals surface area contributed by atoms with Crippen LogP contribution in [0.1, 0.15) is 61.9 Å². The van der Waals surface area contributed by atoms with Crippen molar-refractivity contribution in [1.82, 2.24) is 9.97 Å². The number of fused-ring (bicyclic) bond motifs is 1. The van der Waals surface area contributed by atoms with Gasteiger partial charge < -0.3 is 14.4 Å². The minimum atomic E-state index is -4.56. The maximum Gasteiger partial charge on any atom is 0.451 e. The smallest absolute Gasteiger partial charge is 0.451 e. The highest BCUT2D eigenvalue weighted by Crippen LogP contribution is 2.49. The summed E-state index contributed by atoms with van der Waals surface area (Å²) in [6, 6.07) is 7.87. The van der Waals surface area contributed by atoms with Crippen molar-refractivity contribution in [1.29, 1.82) is 0 Å². The second-order valence-corrected chi connectivity index (χ2v) is 10.1. The van der Waals surface area contributed by atoms with E-state index in [1.165, 1.54) is 13.2 Å². The molecular weight excluding hydrogens is 459 g/mol. The molecule has 188 valence electrons. The van der Waals surface area contributed by atoms with E-state index in [9.17, 15) is 18.0 Å². The molecule has 0 unspecified atom stereocenters. The van der Waals surface area contributed by atoms with Gasteiger partial charge in [0.2, 0.25) is 5.82 Å². The molecule has 6 nitrogen and oxygen atoms in total. The van der Waals surface area contributed by atoms with Gasteiger partial charge in [0.25, 0.3) is 0 Å². The third-order valence-corrected chi connectivity index (χ3v) is 7.79. The molecule has 3 heterocycles. The molecule has 0 radical (unpaired) electrons. The molecule has 2 fully saturated rings. The molecule has 0 bridgehead atoms. The number of piperidine rings is 1. The van der Waals surface area contributed by atoms with Crippen LogP contribution >= 0.6 is 0 Å². The first-order valence-electron chi connectivity index (χ1n) is 12.2. The van der Waals surface area contributed by atoms with E-state index < -0.39 is 12.0 Å². The lowest BCUT2D eigenvalue weighted by Crippen LogP contribution is -2.50. The minimum Gasteiger partial charge on any atom is -0.487 e. The van der Waals surface area contributed by atoms with Crippen molar-refractivity contribution in [3.63, 3.8) is 0 Å². The average Bonchev–Trinajstić information content (AvgIpc) is 3.68. The quantitative estimate of drug-likeness (QED) is 0.541. The van der Waals surface area contributed by atoms with Gasteiger partial charge >= 0.3 is 12.1 Å². The molecule has 35 heavy (non-hydrogen) atoms. The lowest BCUT2D eigenvalue weighted by Gasteiger charge is -2.45. The largest absolute Gasteiger partial charge is 0.487 e. The molecule has 2 atom stereocenters. The Morgan fingerprint density at radius 3 is 2.60 bits per heavy atom. The number of alkyl halides is 3. The zero-order valence-corrected chi connectivity index (χ0v) is 20.0. The van der Waals surface area contributed by atoms with Gasteiger partial charge in [-0.05, 0) is 60.8 Å². The van der Waals surface area contributed by atoms with Crippen LogP contribution in [0.25, 0.3) is 0 Å². The van der Waals surface area contributed by atoms with Crippen LogP contribution in [0.4, 0.5) is 19.0 Å². The number of hydrogen-bond donors (Lipinski definition) is 0. The third-order valence-electron chi connectivity index (χ3n) is 7.79. The summed E-state index contributed by atoms with van der Waals surface area (Å²) in [6.07, 6.45) is 1.99. The van der Waals surface area contributed by atoms with Crippen molar-refractivity contribution in [2.45, 2.75) is 63.1 Å². The van der Waals surface area contributed by atoms with Crippen molar-refractivity contribution in [2.75, 3.05) is 25.1 Å². The number of aryl methyl sites for hydroxylation is 1. The van der Waals surface area contributed by atoms with Crippen molar-refractivity contribution in [3.8, 4) is 5.75 Å². The molecule has 1 saturated carbocycles. The summed E-state index contributed by atoms with van der Waals surface area (Å²) in [7, 11) is 1.43. The molecule has 0 N–H and O–H groups in total. The topological polar surface area (TPSA) is 64.6 Å². The monoisotopic (exact) mass is 489 g/mol. The van der Waals surface area contributed by atoms with E-state index in [-0.39, 0.29) is 23.4 Å². The Balaban J connectivity index is 1.31. The molecule has 3 aliphatic rings. The van der Waals surface area contributed by atoms with E-state index in [1.54, 1.807) is 0 Å². The molecule has 9 heteroatoms. The number of esters is 1. The Bertz CT molecular complexity index is 1090. The molecule has 5 rings (SSSR count). The van der Waals surface area contributed by atoms with Gasteiger partial charge in [-0.3, -0.25) is 4.79 Å². The number of methoxy groups -OCH3 is 1. The second kappa shape index (κ2) is 8.99. The van der Waals surface area contributed by atoms with Crippen LogP contribution in [-0.4, -0.2) is 41.7 Å². The number of carbonyl (C=O) groups is 1. The molecule has 2 aliphatic heterocycles. The highest BCUT2D eigenvalue weighted by molar-refractivity contribution is 5.73. The number of benzene rings is 1. The Labute approximate surface area is 202 Å². The summed E-state index contributed by atoms with van der Waals surface area (Å²) in [6.45, 7) is 3.06.